The normalized spacial score (nSPS) is 16.8. The van der Waals surface area contributed by atoms with E-state index in [-0.39, 0.29) is 29.5 Å². The van der Waals surface area contributed by atoms with Crippen molar-refractivity contribution in [3.05, 3.63) is 88.5 Å². The summed E-state index contributed by atoms with van der Waals surface area (Å²) in [6, 6.07) is 15.4. The Labute approximate surface area is 230 Å². The SMILES string of the molecule is COc1cc(CC(C)N2CCN(c3cccc4c3C(=O)N(Cc3cccc(C(F)(F)F)c3)C4=O)CC2)ccc1O. The number of aromatic hydroxyl groups is 1. The van der Waals surface area contributed by atoms with Gasteiger partial charge in [-0.2, -0.15) is 13.2 Å². The number of carbonyl (C=O) groups is 2. The number of nitrogens with zero attached hydrogens (tertiary/aromatic N) is 3. The average molecular weight is 554 g/mol. The molecule has 2 amide bonds. The highest BCUT2D eigenvalue weighted by atomic mass is 19.4. The van der Waals surface area contributed by atoms with Gasteiger partial charge in [0, 0.05) is 32.2 Å². The van der Waals surface area contributed by atoms with E-state index in [0.29, 0.717) is 30.1 Å². The highest BCUT2D eigenvalue weighted by Crippen LogP contribution is 2.35. The van der Waals surface area contributed by atoms with Gasteiger partial charge in [0.25, 0.3) is 11.8 Å². The van der Waals surface area contributed by atoms with Gasteiger partial charge in [0.15, 0.2) is 11.5 Å². The molecule has 0 bridgehead atoms. The number of piperazine rings is 1. The Bertz CT molecular complexity index is 1430. The molecule has 1 N–H and O–H groups in total. The Hall–Kier alpha value is -4.05. The third-order valence-corrected chi connectivity index (χ3v) is 7.63. The van der Waals surface area contributed by atoms with Crippen LogP contribution in [0.1, 0.15) is 44.3 Å². The molecule has 1 fully saturated rings. The summed E-state index contributed by atoms with van der Waals surface area (Å²) in [5.74, 6) is -0.459. The van der Waals surface area contributed by atoms with Crippen LogP contribution in [0.25, 0.3) is 0 Å². The molecule has 1 atom stereocenters. The lowest BCUT2D eigenvalue weighted by Crippen LogP contribution is -2.50. The van der Waals surface area contributed by atoms with Crippen LogP contribution in [0.4, 0.5) is 18.9 Å². The fraction of sp³-hybridized carbons (Fsp3) is 0.333. The van der Waals surface area contributed by atoms with E-state index in [1.54, 1.807) is 18.2 Å². The number of carbonyl (C=O) groups excluding carboxylic acids is 2. The monoisotopic (exact) mass is 553 g/mol. The van der Waals surface area contributed by atoms with Gasteiger partial charge in [-0.1, -0.05) is 24.3 Å². The molecule has 2 heterocycles. The van der Waals surface area contributed by atoms with Crippen LogP contribution in [0.5, 0.6) is 11.5 Å². The van der Waals surface area contributed by atoms with Crippen LogP contribution in [0.15, 0.2) is 60.7 Å². The Morgan fingerprint density at radius 2 is 1.65 bits per heavy atom. The lowest BCUT2D eigenvalue weighted by atomic mass is 10.0. The number of phenols is 1. The van der Waals surface area contributed by atoms with E-state index in [4.69, 9.17) is 4.74 Å². The minimum absolute atomic E-state index is 0.101. The first kappa shape index (κ1) is 27.5. The zero-order valence-corrected chi connectivity index (χ0v) is 22.2. The zero-order chi connectivity index (χ0) is 28.6. The third-order valence-electron chi connectivity index (χ3n) is 7.63. The standard InChI is InChI=1S/C30H30F3N3O4/c1-19(15-20-9-10-25(37)26(17-20)40-2)34-11-13-35(14-12-34)24-8-4-7-23-27(24)29(39)36(28(23)38)18-21-5-3-6-22(16-21)30(31,32)33/h3-10,16-17,19,37H,11-15,18H2,1-2H3. The lowest BCUT2D eigenvalue weighted by molar-refractivity contribution is -0.137. The number of anilines is 1. The minimum Gasteiger partial charge on any atom is -0.504 e. The second-order valence-corrected chi connectivity index (χ2v) is 10.2. The van der Waals surface area contributed by atoms with Crippen LogP contribution >= 0.6 is 0 Å². The molecule has 0 aromatic heterocycles. The molecular weight excluding hydrogens is 523 g/mol. The fourth-order valence-electron chi connectivity index (χ4n) is 5.47. The predicted octanol–water partition coefficient (Wildman–Crippen LogP) is 4.97. The largest absolute Gasteiger partial charge is 0.504 e. The first-order chi connectivity index (χ1) is 19.1. The van der Waals surface area contributed by atoms with E-state index >= 15 is 0 Å². The number of alkyl halides is 3. The van der Waals surface area contributed by atoms with Gasteiger partial charge in [-0.25, -0.2) is 0 Å². The van der Waals surface area contributed by atoms with Crippen molar-refractivity contribution in [1.82, 2.24) is 9.80 Å². The number of hydrogen-bond acceptors (Lipinski definition) is 6. The van der Waals surface area contributed by atoms with E-state index in [1.807, 2.05) is 18.2 Å². The summed E-state index contributed by atoms with van der Waals surface area (Å²) in [4.78, 5) is 32.0. The number of halogens is 3. The molecule has 2 aliphatic heterocycles. The number of rotatable bonds is 7. The topological polar surface area (TPSA) is 73.3 Å². The van der Waals surface area contributed by atoms with Gasteiger partial charge in [0.1, 0.15) is 0 Å². The maximum Gasteiger partial charge on any atom is 0.416 e. The minimum atomic E-state index is -4.51. The third kappa shape index (κ3) is 5.36. The summed E-state index contributed by atoms with van der Waals surface area (Å²) in [6.07, 6.45) is -3.74. The van der Waals surface area contributed by atoms with E-state index in [0.717, 1.165) is 42.1 Å². The summed E-state index contributed by atoms with van der Waals surface area (Å²) < 4.78 is 44.7. The number of methoxy groups -OCH3 is 1. The van der Waals surface area contributed by atoms with E-state index < -0.39 is 23.6 Å². The molecule has 0 aliphatic carbocycles. The highest BCUT2D eigenvalue weighted by molar-refractivity contribution is 6.23. The molecule has 2 aliphatic rings. The number of ether oxygens (including phenoxy) is 1. The number of imide groups is 1. The van der Waals surface area contributed by atoms with Crippen LogP contribution in [-0.4, -0.2) is 66.1 Å². The molecule has 1 saturated heterocycles. The summed E-state index contributed by atoms with van der Waals surface area (Å²) >= 11 is 0. The Morgan fingerprint density at radius 1 is 0.925 bits per heavy atom. The number of amides is 2. The molecule has 0 saturated carbocycles. The second kappa shape index (κ2) is 10.8. The van der Waals surface area contributed by atoms with Gasteiger partial charge in [0.2, 0.25) is 0 Å². The zero-order valence-electron chi connectivity index (χ0n) is 22.2. The molecule has 10 heteroatoms. The van der Waals surface area contributed by atoms with Crippen LogP contribution in [0.3, 0.4) is 0 Å². The molecular formula is C30H30F3N3O4. The molecule has 5 rings (SSSR count). The quantitative estimate of drug-likeness (QED) is 0.417. The first-order valence-corrected chi connectivity index (χ1v) is 13.1. The van der Waals surface area contributed by atoms with Crippen molar-refractivity contribution in [3.63, 3.8) is 0 Å². The van der Waals surface area contributed by atoms with Gasteiger partial charge >= 0.3 is 6.18 Å². The Kier molecular flexibility index (Phi) is 7.46. The number of benzene rings is 3. The number of phenolic OH excluding ortho intramolecular Hbond substituents is 1. The maximum absolute atomic E-state index is 13.4. The molecule has 210 valence electrons. The summed E-state index contributed by atoms with van der Waals surface area (Å²) in [5.41, 5.74) is 1.70. The van der Waals surface area contributed by atoms with E-state index in [9.17, 15) is 27.9 Å². The summed E-state index contributed by atoms with van der Waals surface area (Å²) in [6.45, 7) is 4.70. The Balaban J connectivity index is 1.27. The number of fused-ring (bicyclic) bond motifs is 1. The second-order valence-electron chi connectivity index (χ2n) is 10.2. The van der Waals surface area contributed by atoms with Crippen LogP contribution in [0.2, 0.25) is 0 Å². The van der Waals surface area contributed by atoms with Crippen molar-refractivity contribution in [1.29, 1.82) is 0 Å². The molecule has 3 aromatic rings. The van der Waals surface area contributed by atoms with E-state index in [1.165, 1.54) is 19.2 Å². The van der Waals surface area contributed by atoms with Gasteiger partial charge in [-0.05, 0) is 60.9 Å². The molecule has 40 heavy (non-hydrogen) atoms. The van der Waals surface area contributed by atoms with Gasteiger partial charge in [-0.15, -0.1) is 0 Å². The van der Waals surface area contributed by atoms with Crippen LogP contribution < -0.4 is 9.64 Å². The first-order valence-electron chi connectivity index (χ1n) is 13.1. The van der Waals surface area contributed by atoms with Gasteiger partial charge < -0.3 is 14.7 Å². The van der Waals surface area contributed by atoms with E-state index in [2.05, 4.69) is 16.7 Å². The van der Waals surface area contributed by atoms with Crippen molar-refractivity contribution in [3.8, 4) is 11.5 Å². The summed E-state index contributed by atoms with van der Waals surface area (Å²) in [5, 5.41) is 9.86. The van der Waals surface area contributed by atoms with Crippen LogP contribution in [-0.2, 0) is 19.1 Å². The van der Waals surface area contributed by atoms with Crippen molar-refractivity contribution in [2.45, 2.75) is 32.1 Å². The van der Waals surface area contributed by atoms with Gasteiger partial charge in [-0.3, -0.25) is 19.4 Å². The lowest BCUT2D eigenvalue weighted by Gasteiger charge is -2.39. The van der Waals surface area contributed by atoms with Crippen molar-refractivity contribution < 1.29 is 32.6 Å². The molecule has 0 spiro atoms. The molecule has 0 radical (unpaired) electrons. The van der Waals surface area contributed by atoms with Crippen molar-refractivity contribution in [2.75, 3.05) is 38.2 Å². The molecule has 1 unspecified atom stereocenters. The highest BCUT2D eigenvalue weighted by Gasteiger charge is 2.39. The maximum atomic E-state index is 13.4. The van der Waals surface area contributed by atoms with Crippen LogP contribution in [0, 0.1) is 0 Å². The molecule has 7 nitrogen and oxygen atoms in total. The summed E-state index contributed by atoms with van der Waals surface area (Å²) in [7, 11) is 1.52. The van der Waals surface area contributed by atoms with Crippen molar-refractivity contribution in [2.24, 2.45) is 0 Å². The predicted molar refractivity (Wildman–Crippen MR) is 144 cm³/mol. The average Bonchev–Trinajstić information content (AvgIpc) is 3.18. The fourth-order valence-corrected chi connectivity index (χ4v) is 5.47. The molecule has 3 aromatic carbocycles. The number of hydrogen-bond donors (Lipinski definition) is 1. The van der Waals surface area contributed by atoms with Gasteiger partial charge in [0.05, 0.1) is 36.0 Å². The van der Waals surface area contributed by atoms with Crippen molar-refractivity contribution >= 4 is 17.5 Å². The smallest absolute Gasteiger partial charge is 0.416 e. The Morgan fingerprint density at radius 3 is 2.35 bits per heavy atom.